The average Bonchev–Trinajstić information content (AvgIpc) is 3.13. The zero-order valence-corrected chi connectivity index (χ0v) is 20.0. The van der Waals surface area contributed by atoms with Crippen LogP contribution in [0.4, 0.5) is 10.1 Å². The number of carbonyl (C=O) groups excluding carboxylic acids is 4. The molecule has 2 fully saturated rings. The van der Waals surface area contributed by atoms with Gasteiger partial charge in [-0.05, 0) is 55.5 Å². The number of nitrogens with two attached hydrogens (primary N) is 1. The van der Waals surface area contributed by atoms with Gasteiger partial charge in [0.1, 0.15) is 5.82 Å². The first-order valence-corrected chi connectivity index (χ1v) is 12.4. The number of carbonyl (C=O) groups is 4. The van der Waals surface area contributed by atoms with Crippen molar-refractivity contribution in [1.29, 1.82) is 0 Å². The Morgan fingerprint density at radius 3 is 2.42 bits per heavy atom. The minimum atomic E-state index is -0.420. The third-order valence-corrected chi connectivity index (χ3v) is 7.53. The number of benzene rings is 2. The molecule has 2 saturated heterocycles. The molecule has 0 bridgehead atoms. The van der Waals surface area contributed by atoms with Crippen molar-refractivity contribution >= 4 is 29.3 Å². The van der Waals surface area contributed by atoms with Gasteiger partial charge < -0.3 is 15.5 Å². The molecule has 3 aliphatic heterocycles. The van der Waals surface area contributed by atoms with Gasteiger partial charge in [-0.2, -0.15) is 0 Å². The van der Waals surface area contributed by atoms with Gasteiger partial charge in [0.15, 0.2) is 0 Å². The number of hydrogen-bond donors (Lipinski definition) is 1. The monoisotopic (exact) mass is 492 g/mol. The zero-order valence-electron chi connectivity index (χ0n) is 20.0. The zero-order chi connectivity index (χ0) is 25.4. The number of nitrogens with zero attached hydrogens (tertiary/aromatic N) is 3. The Labute approximate surface area is 208 Å². The van der Waals surface area contributed by atoms with E-state index < -0.39 is 5.82 Å². The lowest BCUT2D eigenvalue weighted by atomic mass is 9.91. The minimum absolute atomic E-state index is 0.00224. The van der Waals surface area contributed by atoms with E-state index in [1.807, 2.05) is 6.07 Å². The number of fused-ring (bicyclic) bond motifs is 1. The van der Waals surface area contributed by atoms with E-state index in [0.717, 1.165) is 17.7 Å². The van der Waals surface area contributed by atoms with Crippen molar-refractivity contribution in [1.82, 2.24) is 9.80 Å². The third-order valence-electron chi connectivity index (χ3n) is 7.53. The van der Waals surface area contributed by atoms with Crippen LogP contribution in [0.15, 0.2) is 42.5 Å². The molecule has 2 N–H and O–H groups in total. The molecule has 3 heterocycles. The van der Waals surface area contributed by atoms with E-state index >= 15 is 0 Å². The van der Waals surface area contributed by atoms with Crippen molar-refractivity contribution in [2.24, 2.45) is 17.6 Å². The summed E-state index contributed by atoms with van der Waals surface area (Å²) in [5.74, 6) is -1.92. The predicted octanol–water partition coefficient (Wildman–Crippen LogP) is 2.56. The summed E-state index contributed by atoms with van der Waals surface area (Å²) in [6, 6.07) is 11.1. The molecule has 1 atom stereocenters. The maximum atomic E-state index is 13.6. The lowest BCUT2D eigenvalue weighted by Gasteiger charge is -2.38. The van der Waals surface area contributed by atoms with Crippen LogP contribution in [0.2, 0.25) is 0 Å². The maximum absolute atomic E-state index is 13.6. The molecule has 5 rings (SSSR count). The highest BCUT2D eigenvalue weighted by Crippen LogP contribution is 2.35. The van der Waals surface area contributed by atoms with Gasteiger partial charge in [-0.25, -0.2) is 4.39 Å². The van der Waals surface area contributed by atoms with Crippen LogP contribution < -0.4 is 10.6 Å². The molecule has 3 aliphatic rings. The Balaban J connectivity index is 1.28. The van der Waals surface area contributed by atoms with Gasteiger partial charge in [0.25, 0.3) is 11.8 Å². The second-order valence-electron chi connectivity index (χ2n) is 9.81. The van der Waals surface area contributed by atoms with Crippen molar-refractivity contribution in [2.45, 2.75) is 32.2 Å². The van der Waals surface area contributed by atoms with Crippen LogP contribution in [-0.4, -0.2) is 59.6 Å². The molecule has 2 aromatic carbocycles. The molecular formula is C27H29FN4O4. The predicted molar refractivity (Wildman–Crippen MR) is 130 cm³/mol. The van der Waals surface area contributed by atoms with Gasteiger partial charge in [-0.3, -0.25) is 24.1 Å². The van der Waals surface area contributed by atoms with E-state index in [2.05, 4.69) is 4.90 Å². The Hall–Kier alpha value is -3.75. The van der Waals surface area contributed by atoms with Crippen LogP contribution in [0.5, 0.6) is 0 Å². The lowest BCUT2D eigenvalue weighted by molar-refractivity contribution is -0.139. The lowest BCUT2D eigenvalue weighted by Crippen LogP contribution is -2.48. The van der Waals surface area contributed by atoms with Crippen LogP contribution in [-0.2, 0) is 16.1 Å². The van der Waals surface area contributed by atoms with Gasteiger partial charge in [-0.15, -0.1) is 0 Å². The van der Waals surface area contributed by atoms with Crippen LogP contribution in [0.25, 0.3) is 0 Å². The molecule has 1 unspecified atom stereocenters. The Morgan fingerprint density at radius 2 is 1.69 bits per heavy atom. The number of likely N-dealkylation sites (tertiary alicyclic amines) is 1. The van der Waals surface area contributed by atoms with E-state index in [9.17, 15) is 23.6 Å². The van der Waals surface area contributed by atoms with Crippen LogP contribution in [0, 0.1) is 17.7 Å². The van der Waals surface area contributed by atoms with Crippen molar-refractivity contribution in [3.63, 3.8) is 0 Å². The molecule has 0 aliphatic carbocycles. The Morgan fingerprint density at radius 1 is 0.944 bits per heavy atom. The first-order chi connectivity index (χ1) is 17.3. The van der Waals surface area contributed by atoms with Crippen molar-refractivity contribution in [2.75, 3.05) is 31.1 Å². The normalized spacial score (nSPS) is 20.6. The second-order valence-corrected chi connectivity index (χ2v) is 9.81. The van der Waals surface area contributed by atoms with E-state index in [1.54, 1.807) is 29.2 Å². The number of anilines is 1. The fraction of sp³-hybridized carbons (Fsp3) is 0.407. The number of imide groups is 1. The van der Waals surface area contributed by atoms with Gasteiger partial charge in [-0.1, -0.05) is 18.2 Å². The SMILES string of the molecule is NC(=O)C1CCCN(C(=O)C2CCN(c3cccc4c3C(=O)N(Cc3cccc(F)c3)C4=O)CC2)C1. The van der Waals surface area contributed by atoms with Gasteiger partial charge in [0.05, 0.1) is 29.3 Å². The minimum Gasteiger partial charge on any atom is -0.371 e. The summed E-state index contributed by atoms with van der Waals surface area (Å²) >= 11 is 0. The maximum Gasteiger partial charge on any atom is 0.263 e. The molecule has 2 aromatic rings. The molecule has 36 heavy (non-hydrogen) atoms. The van der Waals surface area contributed by atoms with Crippen molar-refractivity contribution < 1.29 is 23.6 Å². The molecule has 9 heteroatoms. The number of piperidine rings is 2. The van der Waals surface area contributed by atoms with Gasteiger partial charge in [0, 0.05) is 32.1 Å². The van der Waals surface area contributed by atoms with E-state index in [-0.39, 0.29) is 42.0 Å². The largest absolute Gasteiger partial charge is 0.371 e. The molecule has 0 aromatic heterocycles. The highest BCUT2D eigenvalue weighted by molar-refractivity contribution is 6.23. The third kappa shape index (κ3) is 4.45. The standard InChI is InChI=1S/C27H29FN4O4/c28-20-6-1-4-17(14-20)15-32-26(35)21-7-2-8-22(23(21)27(32)36)30-12-9-18(10-13-30)25(34)31-11-3-5-19(16-31)24(29)33/h1-2,4,6-8,14,18-19H,3,5,9-13,15-16H2,(H2,29,33). The molecule has 4 amide bonds. The Kier molecular flexibility index (Phi) is 6.47. The van der Waals surface area contributed by atoms with E-state index in [4.69, 9.17) is 5.73 Å². The summed E-state index contributed by atoms with van der Waals surface area (Å²) < 4.78 is 13.6. The fourth-order valence-electron chi connectivity index (χ4n) is 5.58. The highest BCUT2D eigenvalue weighted by atomic mass is 19.1. The average molecular weight is 493 g/mol. The summed E-state index contributed by atoms with van der Waals surface area (Å²) in [6.45, 7) is 2.18. The van der Waals surface area contributed by atoms with Crippen molar-refractivity contribution in [3.8, 4) is 0 Å². The van der Waals surface area contributed by atoms with Gasteiger partial charge in [0.2, 0.25) is 11.8 Å². The van der Waals surface area contributed by atoms with Gasteiger partial charge >= 0.3 is 0 Å². The summed E-state index contributed by atoms with van der Waals surface area (Å²) in [5.41, 5.74) is 7.40. The number of hydrogen-bond acceptors (Lipinski definition) is 5. The first-order valence-electron chi connectivity index (χ1n) is 12.4. The van der Waals surface area contributed by atoms with Crippen molar-refractivity contribution in [3.05, 3.63) is 65.0 Å². The van der Waals surface area contributed by atoms with Crippen LogP contribution >= 0.6 is 0 Å². The highest BCUT2D eigenvalue weighted by Gasteiger charge is 2.39. The van der Waals surface area contributed by atoms with E-state index in [1.165, 1.54) is 12.1 Å². The first kappa shape index (κ1) is 24.0. The topological polar surface area (TPSA) is 104 Å². The molecule has 0 spiro atoms. The number of halogens is 1. The second kappa shape index (κ2) is 9.72. The molecular weight excluding hydrogens is 463 g/mol. The number of primary amides is 1. The van der Waals surface area contributed by atoms with Crippen LogP contribution in [0.1, 0.15) is 52.0 Å². The number of rotatable bonds is 5. The summed E-state index contributed by atoms with van der Waals surface area (Å²) in [6.07, 6.45) is 2.74. The fourth-order valence-corrected chi connectivity index (χ4v) is 5.58. The quantitative estimate of drug-likeness (QED) is 0.646. The van der Waals surface area contributed by atoms with Crippen LogP contribution in [0.3, 0.4) is 0 Å². The summed E-state index contributed by atoms with van der Waals surface area (Å²) in [7, 11) is 0. The molecule has 0 radical (unpaired) electrons. The smallest absolute Gasteiger partial charge is 0.263 e. The number of amides is 4. The Bertz CT molecular complexity index is 1220. The van der Waals surface area contributed by atoms with E-state index in [0.29, 0.717) is 61.4 Å². The summed E-state index contributed by atoms with van der Waals surface area (Å²) in [4.78, 5) is 56.0. The molecule has 188 valence electrons. The summed E-state index contributed by atoms with van der Waals surface area (Å²) in [5, 5.41) is 0. The molecule has 8 nitrogen and oxygen atoms in total. The molecule has 0 saturated carbocycles.